The summed E-state index contributed by atoms with van der Waals surface area (Å²) < 4.78 is 38.5. The highest BCUT2D eigenvalue weighted by Gasteiger charge is 2.32. The molecule has 96 valence electrons. The van der Waals surface area contributed by atoms with Crippen LogP contribution in [0.1, 0.15) is 16.7 Å². The molecular formula is C15H10F3N. The number of nitrogens with zero attached hydrogens (tertiary/aromatic N) is 1. The van der Waals surface area contributed by atoms with Gasteiger partial charge in [-0.3, -0.25) is 0 Å². The summed E-state index contributed by atoms with van der Waals surface area (Å²) in [6.45, 7) is 1.44. The summed E-state index contributed by atoms with van der Waals surface area (Å²) in [7, 11) is 0. The van der Waals surface area contributed by atoms with E-state index >= 15 is 0 Å². The third kappa shape index (κ3) is 2.76. The number of hydrogen-bond acceptors (Lipinski definition) is 1. The van der Waals surface area contributed by atoms with Crippen molar-refractivity contribution >= 4 is 0 Å². The maximum atomic E-state index is 12.8. The van der Waals surface area contributed by atoms with Crippen LogP contribution < -0.4 is 0 Å². The Hall–Kier alpha value is -2.28. The van der Waals surface area contributed by atoms with Crippen molar-refractivity contribution < 1.29 is 13.2 Å². The minimum absolute atomic E-state index is 0.199. The average Bonchev–Trinajstić information content (AvgIpc) is 2.38. The first kappa shape index (κ1) is 13.2. The van der Waals surface area contributed by atoms with Crippen molar-refractivity contribution in [2.75, 3.05) is 0 Å². The lowest BCUT2D eigenvalue weighted by molar-refractivity contribution is -0.138. The van der Waals surface area contributed by atoms with Gasteiger partial charge in [-0.15, -0.1) is 0 Å². The normalized spacial score (nSPS) is 11.1. The molecule has 0 amide bonds. The van der Waals surface area contributed by atoms with Gasteiger partial charge in [-0.2, -0.15) is 18.4 Å². The SMILES string of the molecule is Cc1ccc(-c2ccc(C#N)cc2)cc1C(F)(F)F. The van der Waals surface area contributed by atoms with E-state index in [1.807, 2.05) is 6.07 Å². The Bertz CT molecular complexity index is 634. The van der Waals surface area contributed by atoms with Crippen molar-refractivity contribution in [1.29, 1.82) is 5.26 Å². The summed E-state index contributed by atoms with van der Waals surface area (Å²) in [6.07, 6.45) is -4.35. The van der Waals surface area contributed by atoms with Crippen LogP contribution in [0.15, 0.2) is 42.5 Å². The van der Waals surface area contributed by atoms with Crippen molar-refractivity contribution in [2.24, 2.45) is 0 Å². The molecule has 0 N–H and O–H groups in total. The average molecular weight is 261 g/mol. The van der Waals surface area contributed by atoms with E-state index in [-0.39, 0.29) is 5.56 Å². The second kappa shape index (κ2) is 4.77. The summed E-state index contributed by atoms with van der Waals surface area (Å²) in [6, 6.07) is 12.7. The molecule has 0 aliphatic rings. The maximum Gasteiger partial charge on any atom is 0.416 e. The monoisotopic (exact) mass is 261 g/mol. The highest BCUT2D eigenvalue weighted by Crippen LogP contribution is 2.34. The number of nitriles is 1. The van der Waals surface area contributed by atoms with E-state index in [4.69, 9.17) is 5.26 Å². The molecule has 0 fully saturated rings. The first-order valence-electron chi connectivity index (χ1n) is 5.60. The molecule has 2 aromatic carbocycles. The lowest BCUT2D eigenvalue weighted by Gasteiger charge is -2.12. The number of rotatable bonds is 1. The van der Waals surface area contributed by atoms with Gasteiger partial charge in [0, 0.05) is 0 Å². The third-order valence-electron chi connectivity index (χ3n) is 2.89. The Morgan fingerprint density at radius 1 is 0.947 bits per heavy atom. The molecule has 0 unspecified atom stereocenters. The summed E-state index contributed by atoms with van der Waals surface area (Å²) in [5, 5.41) is 8.69. The fraction of sp³-hybridized carbons (Fsp3) is 0.133. The summed E-state index contributed by atoms with van der Waals surface area (Å²) >= 11 is 0. The Morgan fingerprint density at radius 2 is 1.53 bits per heavy atom. The van der Waals surface area contributed by atoms with Gasteiger partial charge in [0.2, 0.25) is 0 Å². The molecule has 0 aliphatic carbocycles. The van der Waals surface area contributed by atoms with E-state index < -0.39 is 11.7 Å². The minimum atomic E-state index is -4.35. The van der Waals surface area contributed by atoms with Crippen LogP contribution in [-0.2, 0) is 6.18 Å². The van der Waals surface area contributed by atoms with Crippen molar-refractivity contribution in [3.63, 3.8) is 0 Å². The molecule has 0 aliphatic heterocycles. The van der Waals surface area contributed by atoms with Crippen molar-refractivity contribution in [3.05, 3.63) is 59.2 Å². The molecular weight excluding hydrogens is 251 g/mol. The fourth-order valence-electron chi connectivity index (χ4n) is 1.84. The smallest absolute Gasteiger partial charge is 0.192 e. The highest BCUT2D eigenvalue weighted by molar-refractivity contribution is 5.66. The zero-order chi connectivity index (χ0) is 14.0. The standard InChI is InChI=1S/C15H10F3N/c1-10-2-5-13(8-14(10)15(16,17)18)12-6-3-11(9-19)4-7-12/h2-8H,1H3. The van der Waals surface area contributed by atoms with Crippen LogP contribution in [0.3, 0.4) is 0 Å². The van der Waals surface area contributed by atoms with Gasteiger partial charge in [0.15, 0.2) is 0 Å². The van der Waals surface area contributed by atoms with Crippen LogP contribution >= 0.6 is 0 Å². The van der Waals surface area contributed by atoms with Crippen molar-refractivity contribution in [3.8, 4) is 17.2 Å². The Balaban J connectivity index is 2.49. The van der Waals surface area contributed by atoms with Gasteiger partial charge in [-0.05, 0) is 41.8 Å². The van der Waals surface area contributed by atoms with Crippen LogP contribution in [0.5, 0.6) is 0 Å². The van der Waals surface area contributed by atoms with Crippen LogP contribution in [0.25, 0.3) is 11.1 Å². The maximum absolute atomic E-state index is 12.8. The molecule has 1 nitrogen and oxygen atoms in total. The van der Waals surface area contributed by atoms with Gasteiger partial charge in [0.25, 0.3) is 0 Å². The number of benzene rings is 2. The second-order valence-corrected chi connectivity index (χ2v) is 4.22. The molecule has 0 bridgehead atoms. The molecule has 0 saturated carbocycles. The van der Waals surface area contributed by atoms with E-state index in [0.29, 0.717) is 16.7 Å². The highest BCUT2D eigenvalue weighted by atomic mass is 19.4. The number of aryl methyl sites for hydroxylation is 1. The molecule has 19 heavy (non-hydrogen) atoms. The van der Waals surface area contributed by atoms with E-state index in [1.54, 1.807) is 30.3 Å². The Labute approximate surface area is 108 Å². The zero-order valence-electron chi connectivity index (χ0n) is 10.1. The molecule has 0 radical (unpaired) electrons. The van der Waals surface area contributed by atoms with E-state index in [9.17, 15) is 13.2 Å². The quantitative estimate of drug-likeness (QED) is 0.738. The number of alkyl halides is 3. The fourth-order valence-corrected chi connectivity index (χ4v) is 1.84. The predicted octanol–water partition coefficient (Wildman–Crippen LogP) is 4.55. The van der Waals surface area contributed by atoms with E-state index in [0.717, 1.165) is 6.07 Å². The molecule has 0 heterocycles. The van der Waals surface area contributed by atoms with E-state index in [2.05, 4.69) is 0 Å². The van der Waals surface area contributed by atoms with Crippen molar-refractivity contribution in [1.82, 2.24) is 0 Å². The number of hydrogen-bond donors (Lipinski definition) is 0. The van der Waals surface area contributed by atoms with Gasteiger partial charge in [-0.25, -0.2) is 0 Å². The second-order valence-electron chi connectivity index (χ2n) is 4.22. The zero-order valence-corrected chi connectivity index (χ0v) is 10.1. The molecule has 0 atom stereocenters. The lowest BCUT2D eigenvalue weighted by atomic mass is 9.99. The van der Waals surface area contributed by atoms with Crippen LogP contribution in [0.4, 0.5) is 13.2 Å². The van der Waals surface area contributed by atoms with Crippen LogP contribution in [-0.4, -0.2) is 0 Å². The molecule has 0 spiro atoms. The topological polar surface area (TPSA) is 23.8 Å². The lowest BCUT2D eigenvalue weighted by Crippen LogP contribution is -2.07. The minimum Gasteiger partial charge on any atom is -0.192 e. The van der Waals surface area contributed by atoms with Gasteiger partial charge in [-0.1, -0.05) is 24.3 Å². The molecule has 0 aromatic heterocycles. The van der Waals surface area contributed by atoms with E-state index in [1.165, 1.54) is 13.0 Å². The van der Waals surface area contributed by atoms with Crippen LogP contribution in [0.2, 0.25) is 0 Å². The van der Waals surface area contributed by atoms with Crippen LogP contribution in [0, 0.1) is 18.3 Å². The predicted molar refractivity (Wildman–Crippen MR) is 66.3 cm³/mol. The van der Waals surface area contributed by atoms with Gasteiger partial charge in [0.1, 0.15) is 0 Å². The third-order valence-corrected chi connectivity index (χ3v) is 2.89. The Kier molecular flexibility index (Phi) is 3.30. The molecule has 2 rings (SSSR count). The van der Waals surface area contributed by atoms with Gasteiger partial charge < -0.3 is 0 Å². The number of halogens is 3. The Morgan fingerprint density at radius 3 is 2.05 bits per heavy atom. The first-order chi connectivity index (χ1) is 8.91. The molecule has 2 aromatic rings. The van der Waals surface area contributed by atoms with Gasteiger partial charge >= 0.3 is 6.18 Å². The molecule has 0 saturated heterocycles. The largest absolute Gasteiger partial charge is 0.416 e. The molecule has 4 heteroatoms. The summed E-state index contributed by atoms with van der Waals surface area (Å²) in [5.74, 6) is 0. The van der Waals surface area contributed by atoms with Crippen molar-refractivity contribution in [2.45, 2.75) is 13.1 Å². The van der Waals surface area contributed by atoms with Gasteiger partial charge in [0.05, 0.1) is 17.2 Å². The summed E-state index contributed by atoms with van der Waals surface area (Å²) in [5.41, 5.74) is 1.19. The first-order valence-corrected chi connectivity index (χ1v) is 5.60. The summed E-state index contributed by atoms with van der Waals surface area (Å²) in [4.78, 5) is 0.